The number of aryl methyl sites for hydroxylation is 1. The van der Waals surface area contributed by atoms with Crippen LogP contribution in [0.1, 0.15) is 42.4 Å². The molecule has 2 aromatic rings. The van der Waals surface area contributed by atoms with Gasteiger partial charge < -0.3 is 4.74 Å². The van der Waals surface area contributed by atoms with Crippen LogP contribution in [0.3, 0.4) is 0 Å². The molecule has 4 rings (SSSR count). The van der Waals surface area contributed by atoms with E-state index in [9.17, 15) is 18.0 Å². The molecule has 2 aliphatic rings. The maximum Gasteiger partial charge on any atom is 0.244 e. The lowest BCUT2D eigenvalue weighted by Gasteiger charge is -2.19. The number of methoxy groups -OCH3 is 1. The number of nitrogens with one attached hydrogen (secondary N) is 1. The van der Waals surface area contributed by atoms with Crippen molar-refractivity contribution < 1.29 is 22.7 Å². The van der Waals surface area contributed by atoms with Crippen LogP contribution in [0.2, 0.25) is 0 Å². The number of rotatable bonds is 7. The van der Waals surface area contributed by atoms with E-state index in [2.05, 4.69) is 4.72 Å². The van der Waals surface area contributed by atoms with Crippen molar-refractivity contribution in [2.24, 2.45) is 11.8 Å². The van der Waals surface area contributed by atoms with Gasteiger partial charge in [-0.2, -0.15) is 0 Å². The zero-order valence-electron chi connectivity index (χ0n) is 18.3. The molecule has 1 N–H and O–H groups in total. The van der Waals surface area contributed by atoms with Gasteiger partial charge in [0.25, 0.3) is 0 Å². The van der Waals surface area contributed by atoms with Gasteiger partial charge in [-0.05, 0) is 43.0 Å². The van der Waals surface area contributed by atoms with E-state index >= 15 is 0 Å². The van der Waals surface area contributed by atoms with Crippen LogP contribution in [0, 0.1) is 18.8 Å². The van der Waals surface area contributed by atoms with E-state index in [1.807, 2.05) is 31.2 Å². The van der Waals surface area contributed by atoms with Crippen molar-refractivity contribution in [3.05, 3.63) is 59.2 Å². The average Bonchev–Trinajstić information content (AvgIpc) is 3.03. The summed E-state index contributed by atoms with van der Waals surface area (Å²) in [6, 6.07) is 12.3. The molecule has 8 heteroatoms. The molecule has 32 heavy (non-hydrogen) atoms. The van der Waals surface area contributed by atoms with Crippen LogP contribution in [0.25, 0.3) is 0 Å². The fraction of sp³-hybridized carbons (Fsp3) is 0.417. The van der Waals surface area contributed by atoms with Gasteiger partial charge in [0.2, 0.25) is 21.8 Å². The van der Waals surface area contributed by atoms with Crippen molar-refractivity contribution in [2.75, 3.05) is 7.11 Å². The van der Waals surface area contributed by atoms with Crippen molar-refractivity contribution in [1.29, 1.82) is 0 Å². The second-order valence-electron chi connectivity index (χ2n) is 8.56. The summed E-state index contributed by atoms with van der Waals surface area (Å²) in [5.41, 5.74) is 2.46. The molecule has 2 amide bonds. The standard InChI is InChI=1S/C24H28N2O5S/c1-16-6-5-7-17(12-16)14-25-32(29,30)22-13-18(10-11-21(22)31-2)15-26-23(27)19-8-3-4-9-20(19)24(26)28/h5-7,10-13,19-20,25H,3-4,8-9,14-15H2,1-2H3/t19-,20-/m1/s1. The molecule has 0 unspecified atom stereocenters. The third kappa shape index (κ3) is 4.42. The minimum atomic E-state index is -3.88. The van der Waals surface area contributed by atoms with Crippen LogP contribution in [-0.4, -0.2) is 32.2 Å². The van der Waals surface area contributed by atoms with Crippen LogP contribution >= 0.6 is 0 Å². The molecule has 1 aliphatic heterocycles. The van der Waals surface area contributed by atoms with Crippen LogP contribution < -0.4 is 9.46 Å². The molecular weight excluding hydrogens is 428 g/mol. The van der Waals surface area contributed by atoms with Crippen molar-refractivity contribution in [3.63, 3.8) is 0 Å². The number of benzene rings is 2. The molecular formula is C24H28N2O5S. The molecule has 7 nitrogen and oxygen atoms in total. The smallest absolute Gasteiger partial charge is 0.244 e. The SMILES string of the molecule is COc1ccc(CN2C(=O)[C@@H]3CCCC[C@H]3C2=O)cc1S(=O)(=O)NCc1cccc(C)c1. The number of carbonyl (C=O) groups excluding carboxylic acids is 2. The Morgan fingerprint density at radius 3 is 2.31 bits per heavy atom. The molecule has 0 spiro atoms. The maximum absolute atomic E-state index is 13.1. The van der Waals surface area contributed by atoms with E-state index in [-0.39, 0.29) is 47.4 Å². The normalized spacial score (nSPS) is 21.0. The predicted octanol–water partition coefficient (Wildman–Crippen LogP) is 3.16. The monoisotopic (exact) mass is 456 g/mol. The lowest BCUT2D eigenvalue weighted by atomic mass is 9.81. The highest BCUT2D eigenvalue weighted by Crippen LogP contribution is 2.39. The second kappa shape index (κ2) is 9.03. The summed E-state index contributed by atoms with van der Waals surface area (Å²) in [6.07, 6.45) is 3.42. The summed E-state index contributed by atoms with van der Waals surface area (Å²) >= 11 is 0. The van der Waals surface area contributed by atoms with Gasteiger partial charge in [-0.25, -0.2) is 13.1 Å². The number of imide groups is 1. The van der Waals surface area contributed by atoms with Crippen molar-refractivity contribution in [1.82, 2.24) is 9.62 Å². The minimum Gasteiger partial charge on any atom is -0.495 e. The lowest BCUT2D eigenvalue weighted by molar-refractivity contribution is -0.140. The number of likely N-dealkylation sites (tertiary alicyclic amines) is 1. The summed E-state index contributed by atoms with van der Waals surface area (Å²) in [4.78, 5) is 26.9. The van der Waals surface area contributed by atoms with Crippen LogP contribution in [0.5, 0.6) is 5.75 Å². The largest absolute Gasteiger partial charge is 0.495 e. The zero-order chi connectivity index (χ0) is 22.9. The van der Waals surface area contributed by atoms with Gasteiger partial charge in [0.1, 0.15) is 10.6 Å². The minimum absolute atomic E-state index is 0.0123. The summed E-state index contributed by atoms with van der Waals surface area (Å²) in [7, 11) is -2.47. The number of sulfonamides is 1. The fourth-order valence-electron chi connectivity index (χ4n) is 4.68. The van der Waals surface area contributed by atoms with Gasteiger partial charge in [-0.15, -0.1) is 0 Å². The van der Waals surface area contributed by atoms with E-state index in [0.29, 0.717) is 5.56 Å². The number of hydrogen-bond acceptors (Lipinski definition) is 5. The number of amides is 2. The van der Waals surface area contributed by atoms with Gasteiger partial charge in [0, 0.05) is 6.54 Å². The first-order valence-electron chi connectivity index (χ1n) is 10.9. The summed E-state index contributed by atoms with van der Waals surface area (Å²) in [6.45, 7) is 2.15. The highest BCUT2D eigenvalue weighted by Gasteiger charge is 2.47. The van der Waals surface area contributed by atoms with Gasteiger partial charge in [-0.3, -0.25) is 14.5 Å². The van der Waals surface area contributed by atoms with E-state index in [0.717, 1.165) is 36.8 Å². The Morgan fingerprint density at radius 1 is 1.00 bits per heavy atom. The van der Waals surface area contributed by atoms with E-state index < -0.39 is 10.0 Å². The first-order valence-corrected chi connectivity index (χ1v) is 12.4. The molecule has 2 aromatic carbocycles. The Morgan fingerprint density at radius 2 is 1.69 bits per heavy atom. The molecule has 170 valence electrons. The van der Waals surface area contributed by atoms with Crippen LogP contribution in [0.4, 0.5) is 0 Å². The van der Waals surface area contributed by atoms with E-state index in [1.165, 1.54) is 18.1 Å². The van der Waals surface area contributed by atoms with E-state index in [4.69, 9.17) is 4.74 Å². The number of carbonyl (C=O) groups is 2. The first kappa shape index (κ1) is 22.5. The Balaban J connectivity index is 1.56. The van der Waals surface area contributed by atoms with Crippen LogP contribution in [0.15, 0.2) is 47.4 Å². The number of ether oxygens (including phenoxy) is 1. The Bertz CT molecular complexity index is 1120. The molecule has 0 aromatic heterocycles. The second-order valence-corrected chi connectivity index (χ2v) is 10.3. The van der Waals surface area contributed by atoms with Crippen molar-refractivity contribution >= 4 is 21.8 Å². The summed E-state index contributed by atoms with van der Waals surface area (Å²) in [5.74, 6) is -0.532. The molecule has 2 atom stereocenters. The molecule has 0 radical (unpaired) electrons. The third-order valence-electron chi connectivity index (χ3n) is 6.34. The Labute approximate surface area is 188 Å². The van der Waals surface area contributed by atoms with Gasteiger partial charge in [0.05, 0.1) is 25.5 Å². The first-order chi connectivity index (χ1) is 15.3. The Kier molecular flexibility index (Phi) is 6.35. The quantitative estimate of drug-likeness (QED) is 0.646. The molecule has 1 heterocycles. The maximum atomic E-state index is 13.1. The average molecular weight is 457 g/mol. The summed E-state index contributed by atoms with van der Waals surface area (Å²) < 4.78 is 34.0. The predicted molar refractivity (Wildman–Crippen MR) is 119 cm³/mol. The van der Waals surface area contributed by atoms with Gasteiger partial charge >= 0.3 is 0 Å². The highest BCUT2D eigenvalue weighted by molar-refractivity contribution is 7.89. The molecule has 1 saturated carbocycles. The van der Waals surface area contributed by atoms with Gasteiger partial charge in [0.15, 0.2) is 0 Å². The third-order valence-corrected chi connectivity index (χ3v) is 7.76. The fourth-order valence-corrected chi connectivity index (χ4v) is 5.91. The number of hydrogen-bond donors (Lipinski definition) is 1. The topological polar surface area (TPSA) is 92.8 Å². The number of nitrogens with zero attached hydrogens (tertiary/aromatic N) is 1. The van der Waals surface area contributed by atoms with E-state index in [1.54, 1.807) is 12.1 Å². The van der Waals surface area contributed by atoms with Crippen LogP contribution in [-0.2, 0) is 32.7 Å². The molecule has 1 saturated heterocycles. The lowest BCUT2D eigenvalue weighted by Crippen LogP contribution is -2.30. The number of fused-ring (bicyclic) bond motifs is 1. The van der Waals surface area contributed by atoms with Crippen molar-refractivity contribution in [3.8, 4) is 5.75 Å². The molecule has 1 aliphatic carbocycles. The zero-order valence-corrected chi connectivity index (χ0v) is 19.2. The van der Waals surface area contributed by atoms with Crippen molar-refractivity contribution in [2.45, 2.75) is 50.6 Å². The summed E-state index contributed by atoms with van der Waals surface area (Å²) in [5, 5.41) is 0. The molecule has 2 fully saturated rings. The highest BCUT2D eigenvalue weighted by atomic mass is 32.2. The molecule has 0 bridgehead atoms. The Hall–Kier alpha value is -2.71. The van der Waals surface area contributed by atoms with Gasteiger partial charge in [-0.1, -0.05) is 48.7 Å².